The Labute approximate surface area is 207 Å². The second-order valence-corrected chi connectivity index (χ2v) is 8.47. The number of halogens is 2. The van der Waals surface area contributed by atoms with Gasteiger partial charge in [0.25, 0.3) is 5.91 Å². The van der Waals surface area contributed by atoms with Crippen LogP contribution in [0.3, 0.4) is 0 Å². The van der Waals surface area contributed by atoms with Gasteiger partial charge in [-0.2, -0.15) is 0 Å². The van der Waals surface area contributed by atoms with Crippen LogP contribution in [-0.2, 0) is 4.79 Å². The molecular formula is C23H35FIN5O2. The van der Waals surface area contributed by atoms with E-state index in [1.807, 2.05) is 4.90 Å². The third-order valence-electron chi connectivity index (χ3n) is 6.16. The number of guanidine groups is 1. The zero-order chi connectivity index (χ0) is 22.2. The van der Waals surface area contributed by atoms with Crippen LogP contribution in [0.2, 0.25) is 0 Å². The van der Waals surface area contributed by atoms with Gasteiger partial charge in [0.15, 0.2) is 5.96 Å². The van der Waals surface area contributed by atoms with Crippen molar-refractivity contribution in [3.8, 4) is 0 Å². The van der Waals surface area contributed by atoms with Gasteiger partial charge in [-0.25, -0.2) is 4.39 Å². The molecule has 0 bridgehead atoms. The number of hydrogen-bond donors (Lipinski definition) is 3. The summed E-state index contributed by atoms with van der Waals surface area (Å²) in [6.45, 7) is 4.01. The summed E-state index contributed by atoms with van der Waals surface area (Å²) >= 11 is 0. The van der Waals surface area contributed by atoms with E-state index in [1.54, 1.807) is 26.1 Å². The first-order valence-corrected chi connectivity index (χ1v) is 11.3. The van der Waals surface area contributed by atoms with Crippen LogP contribution in [-0.4, -0.2) is 61.9 Å². The second-order valence-electron chi connectivity index (χ2n) is 8.47. The van der Waals surface area contributed by atoms with Crippen LogP contribution in [0.5, 0.6) is 0 Å². The number of carbonyl (C=O) groups excluding carboxylic acids is 2. The third-order valence-corrected chi connectivity index (χ3v) is 6.16. The molecule has 2 aliphatic rings. The van der Waals surface area contributed by atoms with E-state index in [9.17, 15) is 14.0 Å². The van der Waals surface area contributed by atoms with Crippen LogP contribution < -0.4 is 16.0 Å². The molecule has 0 aromatic heterocycles. The van der Waals surface area contributed by atoms with Crippen LogP contribution in [0.1, 0.15) is 54.4 Å². The van der Waals surface area contributed by atoms with E-state index in [2.05, 4.69) is 20.9 Å². The van der Waals surface area contributed by atoms with Gasteiger partial charge in [0.2, 0.25) is 5.91 Å². The summed E-state index contributed by atoms with van der Waals surface area (Å²) in [5.41, 5.74) is 0.818. The zero-order valence-electron chi connectivity index (χ0n) is 19.0. The minimum Gasteiger partial charge on any atom is -0.355 e. The van der Waals surface area contributed by atoms with E-state index < -0.39 is 0 Å². The van der Waals surface area contributed by atoms with Gasteiger partial charge >= 0.3 is 0 Å². The van der Waals surface area contributed by atoms with E-state index in [-0.39, 0.29) is 47.7 Å². The summed E-state index contributed by atoms with van der Waals surface area (Å²) in [6, 6.07) is 4.63. The van der Waals surface area contributed by atoms with Crippen LogP contribution in [0, 0.1) is 18.7 Å². The molecule has 3 rings (SSSR count). The molecule has 3 N–H and O–H groups in total. The molecule has 1 aromatic rings. The normalized spacial score (nSPS) is 19.3. The van der Waals surface area contributed by atoms with Crippen molar-refractivity contribution in [1.82, 2.24) is 20.9 Å². The van der Waals surface area contributed by atoms with Gasteiger partial charge in [-0.3, -0.25) is 14.6 Å². The van der Waals surface area contributed by atoms with Crippen LogP contribution in [0.4, 0.5) is 4.39 Å². The fourth-order valence-corrected chi connectivity index (χ4v) is 4.27. The Kier molecular flexibility index (Phi) is 10.7. The van der Waals surface area contributed by atoms with Crippen LogP contribution >= 0.6 is 24.0 Å². The Morgan fingerprint density at radius 2 is 1.84 bits per heavy atom. The summed E-state index contributed by atoms with van der Waals surface area (Å²) in [7, 11) is 1.70. The van der Waals surface area contributed by atoms with E-state index >= 15 is 0 Å². The van der Waals surface area contributed by atoms with E-state index in [0.717, 1.165) is 38.6 Å². The van der Waals surface area contributed by atoms with Gasteiger partial charge in [-0.1, -0.05) is 25.3 Å². The maximum Gasteiger partial charge on any atom is 0.251 e. The quantitative estimate of drug-likeness (QED) is 0.217. The van der Waals surface area contributed by atoms with Crippen molar-refractivity contribution in [2.45, 2.75) is 51.5 Å². The molecule has 9 heteroatoms. The van der Waals surface area contributed by atoms with Crippen molar-refractivity contribution in [1.29, 1.82) is 0 Å². The molecule has 178 valence electrons. The average Bonchev–Trinajstić information content (AvgIpc) is 3.26. The highest BCUT2D eigenvalue weighted by Crippen LogP contribution is 2.26. The molecule has 1 saturated carbocycles. The lowest BCUT2D eigenvalue weighted by Crippen LogP contribution is -2.47. The molecule has 1 atom stereocenters. The van der Waals surface area contributed by atoms with E-state index in [4.69, 9.17) is 0 Å². The lowest BCUT2D eigenvalue weighted by atomic mass is 9.88. The third kappa shape index (κ3) is 7.31. The molecule has 1 aliphatic heterocycles. The average molecular weight is 559 g/mol. The lowest BCUT2D eigenvalue weighted by molar-refractivity contribution is -0.135. The first-order chi connectivity index (χ1) is 15.0. The Morgan fingerprint density at radius 3 is 2.53 bits per heavy atom. The molecule has 1 saturated heterocycles. The predicted molar refractivity (Wildman–Crippen MR) is 135 cm³/mol. The maximum absolute atomic E-state index is 13.6. The number of nitrogens with one attached hydrogen (secondary N) is 3. The SMILES string of the molecule is CN=C(NCCNC(=O)c1ccc(C)c(F)c1)NC1CCN(C(=O)C2CCCCC2)C1.I. The molecule has 7 nitrogen and oxygen atoms in total. The Hall–Kier alpha value is -1.91. The Morgan fingerprint density at radius 1 is 1.12 bits per heavy atom. The minimum atomic E-state index is -0.386. The Bertz CT molecular complexity index is 814. The van der Waals surface area contributed by atoms with Gasteiger partial charge in [-0.15, -0.1) is 24.0 Å². The molecule has 1 heterocycles. The fraction of sp³-hybridized carbons (Fsp3) is 0.609. The molecule has 1 aromatic carbocycles. The van der Waals surface area contributed by atoms with Gasteiger partial charge < -0.3 is 20.9 Å². The predicted octanol–water partition coefficient (Wildman–Crippen LogP) is 2.83. The van der Waals surface area contributed by atoms with Crippen molar-refractivity contribution < 1.29 is 14.0 Å². The number of hydrogen-bond acceptors (Lipinski definition) is 3. The number of aryl methyl sites for hydroxylation is 1. The molecule has 0 spiro atoms. The van der Waals surface area contributed by atoms with Gasteiger partial charge in [0, 0.05) is 50.7 Å². The summed E-state index contributed by atoms with van der Waals surface area (Å²) in [5.74, 6) is 0.463. The highest BCUT2D eigenvalue weighted by Gasteiger charge is 2.31. The largest absolute Gasteiger partial charge is 0.355 e. The van der Waals surface area contributed by atoms with Crippen LogP contribution in [0.25, 0.3) is 0 Å². The first-order valence-electron chi connectivity index (χ1n) is 11.3. The molecule has 1 unspecified atom stereocenters. The standard InChI is InChI=1S/C23H34FN5O2.HI/c1-16-8-9-18(14-20(16)24)21(30)26-11-12-27-23(25-2)28-19-10-13-29(15-19)22(31)17-6-4-3-5-7-17;/h8-9,14,17,19H,3-7,10-13,15H2,1-2H3,(H,26,30)(H2,25,27,28);1H. The lowest BCUT2D eigenvalue weighted by Gasteiger charge is -2.26. The summed E-state index contributed by atoms with van der Waals surface area (Å²) in [5, 5.41) is 9.32. The molecule has 32 heavy (non-hydrogen) atoms. The van der Waals surface area contributed by atoms with Gasteiger partial charge in [0.1, 0.15) is 5.82 Å². The summed E-state index contributed by atoms with van der Waals surface area (Å²) in [6.07, 6.45) is 6.53. The molecular weight excluding hydrogens is 524 g/mol. The van der Waals surface area contributed by atoms with Crippen molar-refractivity contribution in [2.24, 2.45) is 10.9 Å². The highest BCUT2D eigenvalue weighted by molar-refractivity contribution is 14.0. The first kappa shape index (κ1) is 26.3. The van der Waals surface area contributed by atoms with E-state index in [0.29, 0.717) is 42.6 Å². The summed E-state index contributed by atoms with van der Waals surface area (Å²) < 4.78 is 13.6. The highest BCUT2D eigenvalue weighted by atomic mass is 127. The number of carbonyl (C=O) groups is 2. The molecule has 2 fully saturated rings. The fourth-order valence-electron chi connectivity index (χ4n) is 4.27. The van der Waals surface area contributed by atoms with Gasteiger partial charge in [-0.05, 0) is 43.9 Å². The molecule has 0 radical (unpaired) electrons. The molecule has 2 amide bonds. The van der Waals surface area contributed by atoms with Gasteiger partial charge in [0.05, 0.1) is 0 Å². The topological polar surface area (TPSA) is 85.8 Å². The number of benzene rings is 1. The zero-order valence-corrected chi connectivity index (χ0v) is 21.3. The number of likely N-dealkylation sites (tertiary alicyclic amines) is 1. The number of nitrogens with zero attached hydrogens (tertiary/aromatic N) is 2. The monoisotopic (exact) mass is 559 g/mol. The maximum atomic E-state index is 13.6. The smallest absolute Gasteiger partial charge is 0.251 e. The number of aliphatic imine (C=N–C) groups is 1. The number of amides is 2. The number of rotatable bonds is 6. The minimum absolute atomic E-state index is 0. The van der Waals surface area contributed by atoms with Crippen molar-refractivity contribution in [2.75, 3.05) is 33.2 Å². The molecule has 1 aliphatic carbocycles. The van der Waals surface area contributed by atoms with Crippen molar-refractivity contribution >= 4 is 41.8 Å². The summed E-state index contributed by atoms with van der Waals surface area (Å²) in [4.78, 5) is 31.1. The van der Waals surface area contributed by atoms with Crippen LogP contribution in [0.15, 0.2) is 23.2 Å². The van der Waals surface area contributed by atoms with Crippen molar-refractivity contribution in [3.63, 3.8) is 0 Å². The Balaban J connectivity index is 0.00000363. The second kappa shape index (κ2) is 13.0. The van der Waals surface area contributed by atoms with E-state index in [1.165, 1.54) is 12.5 Å². The van der Waals surface area contributed by atoms with Crippen molar-refractivity contribution in [3.05, 3.63) is 35.1 Å².